The number of H-pyrrole nitrogens is 1. The van der Waals surface area contributed by atoms with Gasteiger partial charge < -0.3 is 10.0 Å². The van der Waals surface area contributed by atoms with Gasteiger partial charge in [-0.05, 0) is 36.7 Å². The number of anilines is 1. The number of aromatic hydroxyl groups is 1. The van der Waals surface area contributed by atoms with Gasteiger partial charge in [0.05, 0.1) is 11.7 Å². The fraction of sp³-hybridized carbons (Fsp3) is 0.407. The summed E-state index contributed by atoms with van der Waals surface area (Å²) >= 11 is 0. The molecule has 1 aromatic heterocycles. The van der Waals surface area contributed by atoms with Crippen molar-refractivity contribution in [1.29, 1.82) is 0 Å². The standard InChI is InChI=1S/C27H31N7O6/c1-5-9-34-22(36)18(21(35)29-25(34)39)14-28-17-7-8-19-16(12-17)13-27(20-15-32(6-2)10-11-33(19)20)23(37)30(3)26(40)31(4)24(27)38/h5,7-8,12,14,20,36H,1,6,9-11,13,15H2,2-4H3,(H,29,35,39)/t20-/m1/s1. The van der Waals surface area contributed by atoms with Crippen molar-refractivity contribution in [3.8, 4) is 5.88 Å². The van der Waals surface area contributed by atoms with E-state index in [0.29, 0.717) is 24.3 Å². The van der Waals surface area contributed by atoms with Crippen molar-refractivity contribution in [2.24, 2.45) is 10.4 Å². The fourth-order valence-corrected chi connectivity index (χ4v) is 5.98. The summed E-state index contributed by atoms with van der Waals surface area (Å²) < 4.78 is 0.955. The van der Waals surface area contributed by atoms with Gasteiger partial charge >= 0.3 is 11.7 Å². The average Bonchev–Trinajstić information content (AvgIpc) is 2.95. The smallest absolute Gasteiger partial charge is 0.332 e. The van der Waals surface area contributed by atoms with Crippen molar-refractivity contribution in [3.63, 3.8) is 0 Å². The van der Waals surface area contributed by atoms with Crippen LogP contribution in [0.2, 0.25) is 0 Å². The molecule has 0 saturated carbocycles. The number of amides is 4. The number of urea groups is 1. The maximum atomic E-state index is 13.8. The molecule has 0 radical (unpaired) electrons. The second kappa shape index (κ2) is 9.90. The quantitative estimate of drug-likeness (QED) is 0.307. The number of aromatic nitrogens is 2. The highest BCUT2D eigenvalue weighted by molar-refractivity contribution is 6.20. The Bertz CT molecular complexity index is 1550. The summed E-state index contributed by atoms with van der Waals surface area (Å²) in [7, 11) is 2.79. The Kier molecular flexibility index (Phi) is 6.70. The van der Waals surface area contributed by atoms with Crippen LogP contribution in [0, 0.1) is 5.41 Å². The van der Waals surface area contributed by atoms with Crippen LogP contribution in [0.1, 0.15) is 18.1 Å². The predicted octanol–water partition coefficient (Wildman–Crippen LogP) is 0.282. The molecule has 0 unspecified atom stereocenters. The predicted molar refractivity (Wildman–Crippen MR) is 147 cm³/mol. The number of barbiturate groups is 1. The minimum atomic E-state index is -1.50. The van der Waals surface area contributed by atoms with E-state index in [1.807, 2.05) is 13.0 Å². The zero-order chi connectivity index (χ0) is 28.9. The Labute approximate surface area is 229 Å². The van der Waals surface area contributed by atoms with Crippen LogP contribution in [-0.4, -0.2) is 99.7 Å². The fourth-order valence-electron chi connectivity index (χ4n) is 5.98. The van der Waals surface area contributed by atoms with E-state index in [1.54, 1.807) is 12.1 Å². The highest BCUT2D eigenvalue weighted by Crippen LogP contribution is 2.47. The van der Waals surface area contributed by atoms with E-state index in [1.165, 1.54) is 20.2 Å². The van der Waals surface area contributed by atoms with Gasteiger partial charge in [0.25, 0.3) is 5.56 Å². The number of fused-ring (bicyclic) bond motifs is 4. The number of benzene rings is 1. The van der Waals surface area contributed by atoms with Gasteiger partial charge in [-0.25, -0.2) is 9.59 Å². The second-order valence-corrected chi connectivity index (χ2v) is 10.2. The highest BCUT2D eigenvalue weighted by atomic mass is 16.3. The summed E-state index contributed by atoms with van der Waals surface area (Å²) in [5.74, 6) is -1.61. The number of carbonyl (C=O) groups excluding carboxylic acids is 3. The average molecular weight is 550 g/mol. The molecule has 4 heterocycles. The molecular formula is C27H31N7O6. The van der Waals surface area contributed by atoms with Gasteiger partial charge in [0.2, 0.25) is 17.7 Å². The van der Waals surface area contributed by atoms with Crippen LogP contribution < -0.4 is 16.1 Å². The van der Waals surface area contributed by atoms with Gasteiger partial charge in [-0.3, -0.25) is 43.6 Å². The summed E-state index contributed by atoms with van der Waals surface area (Å²) in [5, 5.41) is 10.5. The largest absolute Gasteiger partial charge is 0.494 e. The molecule has 2 aromatic rings. The molecule has 4 amide bonds. The van der Waals surface area contributed by atoms with Crippen LogP contribution >= 0.6 is 0 Å². The number of carbonyl (C=O) groups is 3. The molecule has 1 spiro atoms. The first-order valence-corrected chi connectivity index (χ1v) is 13.0. The van der Waals surface area contributed by atoms with E-state index in [-0.39, 0.29) is 18.5 Å². The van der Waals surface area contributed by atoms with Crippen LogP contribution in [0.4, 0.5) is 16.2 Å². The number of aromatic amines is 1. The van der Waals surface area contributed by atoms with Crippen molar-refractivity contribution in [3.05, 3.63) is 62.8 Å². The van der Waals surface area contributed by atoms with E-state index in [2.05, 4.69) is 26.4 Å². The van der Waals surface area contributed by atoms with Gasteiger partial charge in [-0.15, -0.1) is 6.58 Å². The van der Waals surface area contributed by atoms with Gasteiger partial charge in [0.15, 0.2) is 5.41 Å². The molecule has 210 valence electrons. The Morgan fingerprint density at radius 2 is 1.82 bits per heavy atom. The summed E-state index contributed by atoms with van der Waals surface area (Å²) in [6.07, 6.45) is 2.64. The maximum absolute atomic E-state index is 13.8. The molecule has 3 aliphatic heterocycles. The molecule has 2 saturated heterocycles. The van der Waals surface area contributed by atoms with E-state index in [9.17, 15) is 29.1 Å². The Morgan fingerprint density at radius 1 is 1.12 bits per heavy atom. The molecule has 1 aromatic carbocycles. The third-order valence-corrected chi connectivity index (χ3v) is 8.13. The third-order valence-electron chi connectivity index (χ3n) is 8.13. The summed E-state index contributed by atoms with van der Waals surface area (Å²) in [6.45, 7) is 8.16. The van der Waals surface area contributed by atoms with Crippen molar-refractivity contribution in [2.75, 3.05) is 45.2 Å². The molecule has 0 aliphatic carbocycles. The van der Waals surface area contributed by atoms with E-state index in [0.717, 1.165) is 39.4 Å². The number of imide groups is 2. The summed E-state index contributed by atoms with van der Waals surface area (Å²) in [6, 6.07) is 4.21. The van der Waals surface area contributed by atoms with Crippen LogP contribution in [0.25, 0.3) is 0 Å². The zero-order valence-corrected chi connectivity index (χ0v) is 22.6. The molecule has 5 rings (SSSR count). The number of nitrogens with zero attached hydrogens (tertiary/aromatic N) is 6. The molecule has 13 heteroatoms. The Balaban J connectivity index is 1.59. The lowest BCUT2D eigenvalue weighted by molar-refractivity contribution is -0.160. The normalized spacial score (nSPS) is 20.8. The monoisotopic (exact) mass is 549 g/mol. The molecule has 1 atom stereocenters. The number of piperazine rings is 1. The Hall–Kier alpha value is -4.52. The van der Waals surface area contributed by atoms with Crippen molar-refractivity contribution in [1.82, 2.24) is 24.3 Å². The number of hydrogen-bond donors (Lipinski definition) is 2. The van der Waals surface area contributed by atoms with E-state index < -0.39 is 46.4 Å². The van der Waals surface area contributed by atoms with Crippen LogP contribution in [0.5, 0.6) is 5.88 Å². The number of hydrogen-bond acceptors (Lipinski definition) is 9. The molecule has 3 aliphatic rings. The minimum Gasteiger partial charge on any atom is -0.494 e. The lowest BCUT2D eigenvalue weighted by Crippen LogP contribution is -2.74. The maximum Gasteiger partial charge on any atom is 0.332 e. The third kappa shape index (κ3) is 3.96. The minimum absolute atomic E-state index is 0.0108. The van der Waals surface area contributed by atoms with E-state index >= 15 is 0 Å². The van der Waals surface area contributed by atoms with Crippen molar-refractivity contribution < 1.29 is 19.5 Å². The first kappa shape index (κ1) is 27.1. The van der Waals surface area contributed by atoms with Gasteiger partial charge in [-0.2, -0.15) is 0 Å². The van der Waals surface area contributed by atoms with Gasteiger partial charge in [-0.1, -0.05) is 13.0 Å². The first-order chi connectivity index (χ1) is 19.0. The van der Waals surface area contributed by atoms with Gasteiger partial charge in [0.1, 0.15) is 5.56 Å². The van der Waals surface area contributed by atoms with Crippen LogP contribution in [0.3, 0.4) is 0 Å². The lowest BCUT2D eigenvalue weighted by atomic mass is 9.67. The van der Waals surface area contributed by atoms with Crippen LogP contribution in [0.15, 0.2) is 45.4 Å². The molecule has 0 bridgehead atoms. The van der Waals surface area contributed by atoms with Gasteiger partial charge in [0, 0.05) is 52.2 Å². The zero-order valence-electron chi connectivity index (χ0n) is 22.6. The number of aliphatic imine (C=N–C) groups is 1. The highest BCUT2D eigenvalue weighted by Gasteiger charge is 2.63. The topological polar surface area (TPSA) is 152 Å². The number of nitrogens with one attached hydrogen (secondary N) is 1. The lowest BCUT2D eigenvalue weighted by Gasteiger charge is -2.56. The molecule has 2 fully saturated rings. The first-order valence-electron chi connectivity index (χ1n) is 13.0. The van der Waals surface area contributed by atoms with Crippen molar-refractivity contribution >= 4 is 35.4 Å². The second-order valence-electron chi connectivity index (χ2n) is 10.2. The van der Waals surface area contributed by atoms with Crippen molar-refractivity contribution in [2.45, 2.75) is 25.9 Å². The Morgan fingerprint density at radius 3 is 2.48 bits per heavy atom. The number of allylic oxidation sites excluding steroid dienone is 1. The summed E-state index contributed by atoms with van der Waals surface area (Å²) in [4.78, 5) is 77.4. The number of rotatable bonds is 5. The molecule has 2 N–H and O–H groups in total. The SMILES string of the molecule is C=CCn1c(O)c(C=Nc2ccc3c(c2)CC2(C(=O)N(C)C(=O)N(C)C2=O)[C@H]2CN(CC)CCN32)c(=O)[nH]c1=O. The molecular weight excluding hydrogens is 518 g/mol. The van der Waals surface area contributed by atoms with Crippen LogP contribution in [-0.2, 0) is 22.6 Å². The summed E-state index contributed by atoms with van der Waals surface area (Å²) in [5.41, 5.74) is -1.30. The molecule has 13 nitrogen and oxygen atoms in total. The molecule has 40 heavy (non-hydrogen) atoms. The number of likely N-dealkylation sites (N-methyl/N-ethyl adjacent to an activating group) is 1. The van der Waals surface area contributed by atoms with E-state index in [4.69, 9.17) is 0 Å².